The zero-order valence-electron chi connectivity index (χ0n) is 10.4. The molecule has 3 aromatic rings. The van der Waals surface area contributed by atoms with Gasteiger partial charge in [-0.25, -0.2) is 0 Å². The van der Waals surface area contributed by atoms with Gasteiger partial charge in [0.15, 0.2) is 5.78 Å². The number of carbonyl (C=O) groups excluding carboxylic acids is 2. The molecule has 0 saturated carbocycles. The molecule has 3 N–H and O–H groups in total. The Balaban J connectivity index is 2.33. The number of ketones is 1. The largest absolute Gasteiger partial charge is 0.366 e. The third-order valence-corrected chi connectivity index (χ3v) is 3.29. The molecule has 19 heavy (non-hydrogen) atoms. The minimum atomic E-state index is -0.454. The number of carbonyl (C=O) groups is 2. The fraction of sp³-hybridized carbons (Fsp3) is 0.0667. The Labute approximate surface area is 109 Å². The molecule has 2 aromatic carbocycles. The van der Waals surface area contributed by atoms with Crippen molar-refractivity contribution >= 4 is 33.5 Å². The maximum absolute atomic E-state index is 11.4. The van der Waals surface area contributed by atoms with Crippen LogP contribution < -0.4 is 5.73 Å². The summed E-state index contributed by atoms with van der Waals surface area (Å²) in [6.07, 6.45) is 0. The topological polar surface area (TPSA) is 75.9 Å². The van der Waals surface area contributed by atoms with Crippen molar-refractivity contribution in [3.05, 3.63) is 47.5 Å². The molecule has 0 radical (unpaired) electrons. The maximum atomic E-state index is 11.4. The van der Waals surface area contributed by atoms with Crippen molar-refractivity contribution in [2.45, 2.75) is 6.92 Å². The van der Waals surface area contributed by atoms with Gasteiger partial charge in [0.05, 0.1) is 0 Å². The third-order valence-electron chi connectivity index (χ3n) is 3.29. The van der Waals surface area contributed by atoms with E-state index in [1.807, 2.05) is 18.2 Å². The van der Waals surface area contributed by atoms with E-state index in [9.17, 15) is 9.59 Å². The molecule has 3 rings (SSSR count). The molecule has 0 aliphatic rings. The van der Waals surface area contributed by atoms with Crippen molar-refractivity contribution in [3.8, 4) is 0 Å². The molecular weight excluding hydrogens is 240 g/mol. The second kappa shape index (κ2) is 3.95. The predicted octanol–water partition coefficient (Wildman–Crippen LogP) is 2.62. The van der Waals surface area contributed by atoms with Crippen LogP contribution in [0.25, 0.3) is 21.8 Å². The fourth-order valence-corrected chi connectivity index (χ4v) is 2.28. The summed E-state index contributed by atoms with van der Waals surface area (Å²) in [5.41, 5.74) is 8.17. The van der Waals surface area contributed by atoms with E-state index >= 15 is 0 Å². The summed E-state index contributed by atoms with van der Waals surface area (Å²) >= 11 is 0. The minimum Gasteiger partial charge on any atom is -0.366 e. The van der Waals surface area contributed by atoms with Gasteiger partial charge in [-0.05, 0) is 37.3 Å². The molecule has 4 nitrogen and oxygen atoms in total. The van der Waals surface area contributed by atoms with E-state index in [1.165, 1.54) is 0 Å². The molecule has 0 atom stereocenters. The smallest absolute Gasteiger partial charge is 0.248 e. The number of hydrogen-bond acceptors (Lipinski definition) is 2. The fourth-order valence-electron chi connectivity index (χ4n) is 2.28. The lowest BCUT2D eigenvalue weighted by Gasteiger charge is -1.97. The third kappa shape index (κ3) is 1.78. The molecule has 0 fully saturated rings. The van der Waals surface area contributed by atoms with Crippen molar-refractivity contribution < 1.29 is 9.59 Å². The van der Waals surface area contributed by atoms with Gasteiger partial charge in [0.1, 0.15) is 0 Å². The summed E-state index contributed by atoms with van der Waals surface area (Å²) in [7, 11) is 0. The Hall–Kier alpha value is -2.62. The number of aromatic amines is 1. The average molecular weight is 252 g/mol. The molecule has 0 bridgehead atoms. The van der Waals surface area contributed by atoms with Gasteiger partial charge in [-0.3, -0.25) is 9.59 Å². The van der Waals surface area contributed by atoms with E-state index in [-0.39, 0.29) is 5.78 Å². The van der Waals surface area contributed by atoms with Crippen LogP contribution in [-0.2, 0) is 0 Å². The highest BCUT2D eigenvalue weighted by Gasteiger charge is 2.09. The number of aromatic nitrogens is 1. The normalized spacial score (nSPS) is 11.0. The molecule has 0 unspecified atom stereocenters. The van der Waals surface area contributed by atoms with Crippen LogP contribution in [-0.4, -0.2) is 16.7 Å². The Kier molecular flexibility index (Phi) is 2.38. The van der Waals surface area contributed by atoms with Crippen LogP contribution in [0.5, 0.6) is 0 Å². The summed E-state index contributed by atoms with van der Waals surface area (Å²) in [6.45, 7) is 1.54. The van der Waals surface area contributed by atoms with Crippen LogP contribution in [0, 0.1) is 0 Å². The average Bonchev–Trinajstić information content (AvgIpc) is 2.74. The van der Waals surface area contributed by atoms with Crippen molar-refractivity contribution in [2.24, 2.45) is 5.73 Å². The van der Waals surface area contributed by atoms with Crippen LogP contribution in [0.15, 0.2) is 36.4 Å². The molecule has 1 amide bonds. The number of Topliss-reactive ketones (excluding diaryl/α,β-unsaturated/α-hetero) is 1. The van der Waals surface area contributed by atoms with Crippen LogP contribution in [0.2, 0.25) is 0 Å². The monoisotopic (exact) mass is 252 g/mol. The van der Waals surface area contributed by atoms with Gasteiger partial charge in [-0.2, -0.15) is 0 Å². The number of H-pyrrole nitrogens is 1. The van der Waals surface area contributed by atoms with Gasteiger partial charge in [0.2, 0.25) is 5.91 Å². The molecule has 1 heterocycles. The van der Waals surface area contributed by atoms with Crippen LogP contribution in [0.3, 0.4) is 0 Å². The number of fused-ring (bicyclic) bond motifs is 3. The van der Waals surface area contributed by atoms with Crippen molar-refractivity contribution in [3.63, 3.8) is 0 Å². The Morgan fingerprint density at radius 1 is 0.947 bits per heavy atom. The molecule has 1 aromatic heterocycles. The van der Waals surface area contributed by atoms with E-state index in [1.54, 1.807) is 25.1 Å². The number of primary amides is 1. The number of amides is 1. The zero-order chi connectivity index (χ0) is 13.6. The summed E-state index contributed by atoms with van der Waals surface area (Å²) in [5.74, 6) is -0.421. The first-order valence-electron chi connectivity index (χ1n) is 5.92. The van der Waals surface area contributed by atoms with E-state index < -0.39 is 5.91 Å². The van der Waals surface area contributed by atoms with E-state index in [0.29, 0.717) is 11.1 Å². The lowest BCUT2D eigenvalue weighted by atomic mass is 10.1. The molecule has 0 aliphatic heterocycles. The molecule has 0 aliphatic carbocycles. The number of hydrogen-bond donors (Lipinski definition) is 2. The Morgan fingerprint density at radius 2 is 1.68 bits per heavy atom. The first-order valence-corrected chi connectivity index (χ1v) is 5.92. The van der Waals surface area contributed by atoms with Gasteiger partial charge in [-0.1, -0.05) is 6.07 Å². The Morgan fingerprint density at radius 3 is 2.37 bits per heavy atom. The van der Waals surface area contributed by atoms with Crippen LogP contribution in [0.4, 0.5) is 0 Å². The van der Waals surface area contributed by atoms with Gasteiger partial charge in [0, 0.05) is 32.9 Å². The quantitative estimate of drug-likeness (QED) is 0.688. The molecular formula is C15H12N2O2. The summed E-state index contributed by atoms with van der Waals surface area (Å²) in [5, 5.41) is 1.95. The van der Waals surface area contributed by atoms with Gasteiger partial charge < -0.3 is 10.7 Å². The SMILES string of the molecule is CC(=O)c1ccc2[nH]c3cc(C(N)=O)ccc3c2c1. The highest BCUT2D eigenvalue weighted by molar-refractivity contribution is 6.11. The zero-order valence-corrected chi connectivity index (χ0v) is 10.4. The van der Waals surface area contributed by atoms with Crippen molar-refractivity contribution in [1.29, 1.82) is 0 Å². The van der Waals surface area contributed by atoms with Crippen molar-refractivity contribution in [2.75, 3.05) is 0 Å². The predicted molar refractivity (Wildman–Crippen MR) is 74.3 cm³/mol. The van der Waals surface area contributed by atoms with Gasteiger partial charge in [0.25, 0.3) is 0 Å². The number of rotatable bonds is 2. The second-order valence-electron chi connectivity index (χ2n) is 4.57. The summed E-state index contributed by atoms with van der Waals surface area (Å²) in [4.78, 5) is 25.8. The van der Waals surface area contributed by atoms with E-state index in [4.69, 9.17) is 5.73 Å². The van der Waals surface area contributed by atoms with E-state index in [0.717, 1.165) is 21.8 Å². The maximum Gasteiger partial charge on any atom is 0.248 e. The highest BCUT2D eigenvalue weighted by Crippen LogP contribution is 2.27. The van der Waals surface area contributed by atoms with E-state index in [2.05, 4.69) is 4.98 Å². The first kappa shape index (κ1) is 11.5. The van der Waals surface area contributed by atoms with Gasteiger partial charge >= 0.3 is 0 Å². The standard InChI is InChI=1S/C15H12N2O2/c1-8(18)9-3-5-13-12(6-9)11-4-2-10(15(16)19)7-14(11)17-13/h2-7,17H,1H3,(H2,16,19). The lowest BCUT2D eigenvalue weighted by molar-refractivity contribution is 0.0996. The number of nitrogens with one attached hydrogen (secondary N) is 1. The van der Waals surface area contributed by atoms with Crippen LogP contribution in [0.1, 0.15) is 27.6 Å². The summed E-state index contributed by atoms with van der Waals surface area (Å²) in [6, 6.07) is 10.8. The lowest BCUT2D eigenvalue weighted by Crippen LogP contribution is -2.10. The van der Waals surface area contributed by atoms with Gasteiger partial charge in [-0.15, -0.1) is 0 Å². The molecule has 4 heteroatoms. The van der Waals surface area contributed by atoms with Crippen LogP contribution >= 0.6 is 0 Å². The molecule has 0 saturated heterocycles. The first-order chi connectivity index (χ1) is 9.06. The molecule has 0 spiro atoms. The molecule has 94 valence electrons. The number of benzene rings is 2. The summed E-state index contributed by atoms with van der Waals surface area (Å²) < 4.78 is 0. The Bertz CT molecular complexity index is 831. The van der Waals surface area contributed by atoms with Crippen molar-refractivity contribution in [1.82, 2.24) is 4.98 Å². The number of nitrogens with two attached hydrogens (primary N) is 1. The second-order valence-corrected chi connectivity index (χ2v) is 4.57. The minimum absolute atomic E-state index is 0.0324. The highest BCUT2D eigenvalue weighted by atomic mass is 16.1.